The lowest BCUT2D eigenvalue weighted by Gasteiger charge is -2.16. The van der Waals surface area contributed by atoms with Crippen molar-refractivity contribution < 1.29 is 14.4 Å². The number of aromatic nitrogens is 3. The Morgan fingerprint density at radius 2 is 1.82 bits per heavy atom. The molecule has 1 atom stereocenters. The summed E-state index contributed by atoms with van der Waals surface area (Å²) in [6.45, 7) is 1.82. The number of hydrogen-bond donors (Lipinski definition) is 3. The van der Waals surface area contributed by atoms with Gasteiger partial charge in [0.1, 0.15) is 6.04 Å². The van der Waals surface area contributed by atoms with Crippen molar-refractivity contribution >= 4 is 17.6 Å². The summed E-state index contributed by atoms with van der Waals surface area (Å²) < 4.78 is 0. The molecule has 1 unspecified atom stereocenters. The van der Waals surface area contributed by atoms with Crippen LogP contribution in [0.15, 0.2) is 55.0 Å². The molecule has 142 valence electrons. The second kappa shape index (κ2) is 8.26. The predicted octanol–water partition coefficient (Wildman–Crippen LogP) is 1.18. The van der Waals surface area contributed by atoms with E-state index in [9.17, 15) is 14.4 Å². The number of aryl methyl sites for hydroxylation is 1. The van der Waals surface area contributed by atoms with Crippen LogP contribution in [0.4, 0.5) is 0 Å². The third-order valence-electron chi connectivity index (χ3n) is 4.25. The van der Waals surface area contributed by atoms with Gasteiger partial charge in [0.15, 0.2) is 0 Å². The number of amides is 2. The van der Waals surface area contributed by atoms with Crippen molar-refractivity contribution in [3.05, 3.63) is 71.9 Å². The first kappa shape index (κ1) is 19.0. The molecule has 4 N–H and O–H groups in total. The Morgan fingerprint density at radius 1 is 1.11 bits per heavy atom. The predicted molar refractivity (Wildman–Crippen MR) is 102 cm³/mol. The van der Waals surface area contributed by atoms with Gasteiger partial charge in [0.2, 0.25) is 5.78 Å². The van der Waals surface area contributed by atoms with E-state index in [2.05, 4.69) is 20.3 Å². The smallest absolute Gasteiger partial charge is 0.287 e. The molecule has 0 fully saturated rings. The lowest BCUT2D eigenvalue weighted by atomic mass is 10.0. The molecular formula is C20H19N5O3. The van der Waals surface area contributed by atoms with E-state index in [-0.39, 0.29) is 6.42 Å². The van der Waals surface area contributed by atoms with Crippen molar-refractivity contribution in [3.63, 3.8) is 0 Å². The maximum absolute atomic E-state index is 12.9. The van der Waals surface area contributed by atoms with Gasteiger partial charge < -0.3 is 16.0 Å². The van der Waals surface area contributed by atoms with Crippen LogP contribution in [-0.2, 0) is 16.0 Å². The SMILES string of the molecule is Cc1[nH]cc(C(=O)NC(Cc2ccccn2)C(=O)C(N)=O)c1-c1ccccn1. The number of nitrogens with zero attached hydrogens (tertiary/aromatic N) is 2. The average molecular weight is 377 g/mol. The van der Waals surface area contributed by atoms with Gasteiger partial charge >= 0.3 is 0 Å². The number of carbonyl (C=O) groups is 3. The van der Waals surface area contributed by atoms with Gasteiger partial charge in [0.25, 0.3) is 11.8 Å². The highest BCUT2D eigenvalue weighted by atomic mass is 16.2. The van der Waals surface area contributed by atoms with Gasteiger partial charge in [-0.3, -0.25) is 24.4 Å². The Morgan fingerprint density at radius 3 is 2.43 bits per heavy atom. The Balaban J connectivity index is 1.89. The average Bonchev–Trinajstić information content (AvgIpc) is 3.09. The molecule has 0 aliphatic rings. The van der Waals surface area contributed by atoms with Crippen LogP contribution in [0.3, 0.4) is 0 Å². The second-order valence-electron chi connectivity index (χ2n) is 6.20. The van der Waals surface area contributed by atoms with Crippen molar-refractivity contribution in [1.29, 1.82) is 0 Å². The maximum Gasteiger partial charge on any atom is 0.287 e. The number of carbonyl (C=O) groups excluding carboxylic acids is 3. The first-order valence-electron chi connectivity index (χ1n) is 8.61. The number of rotatable bonds is 7. The van der Waals surface area contributed by atoms with E-state index in [0.717, 1.165) is 5.69 Å². The molecule has 3 rings (SSSR count). The maximum atomic E-state index is 12.9. The number of nitrogens with one attached hydrogen (secondary N) is 2. The summed E-state index contributed by atoms with van der Waals surface area (Å²) in [5.41, 5.74) is 8.03. The molecule has 0 saturated carbocycles. The van der Waals surface area contributed by atoms with Crippen LogP contribution >= 0.6 is 0 Å². The van der Waals surface area contributed by atoms with E-state index < -0.39 is 23.6 Å². The standard InChI is InChI=1S/C20H19N5O3/c1-12-17(15-7-3-5-9-23-15)14(11-24-12)20(28)25-16(18(26)19(21)27)10-13-6-2-4-8-22-13/h2-9,11,16,24H,10H2,1H3,(H2,21,27)(H,25,28). The summed E-state index contributed by atoms with van der Waals surface area (Å²) in [6.07, 6.45) is 4.79. The fourth-order valence-corrected chi connectivity index (χ4v) is 2.89. The molecule has 8 heteroatoms. The summed E-state index contributed by atoms with van der Waals surface area (Å²) in [4.78, 5) is 48.0. The van der Waals surface area contributed by atoms with Crippen molar-refractivity contribution in [2.75, 3.05) is 0 Å². The van der Waals surface area contributed by atoms with E-state index in [1.54, 1.807) is 48.9 Å². The third kappa shape index (κ3) is 4.12. The largest absolute Gasteiger partial charge is 0.364 e. The number of Topliss-reactive ketones (excluding diaryl/α,β-unsaturated/α-hetero) is 1. The Kier molecular flexibility index (Phi) is 5.59. The Labute approximate surface area is 161 Å². The molecule has 0 radical (unpaired) electrons. The lowest BCUT2D eigenvalue weighted by Crippen LogP contribution is -2.47. The summed E-state index contributed by atoms with van der Waals surface area (Å²) in [5, 5.41) is 2.61. The number of primary amides is 1. The molecule has 0 spiro atoms. The molecule has 0 saturated heterocycles. The number of pyridine rings is 2. The molecule has 0 bridgehead atoms. The van der Waals surface area contributed by atoms with Crippen molar-refractivity contribution in [1.82, 2.24) is 20.3 Å². The minimum Gasteiger partial charge on any atom is -0.364 e. The molecule has 3 aromatic rings. The van der Waals surface area contributed by atoms with E-state index in [4.69, 9.17) is 5.73 Å². The van der Waals surface area contributed by atoms with Gasteiger partial charge in [0.05, 0.1) is 11.3 Å². The van der Waals surface area contributed by atoms with E-state index >= 15 is 0 Å². The molecule has 28 heavy (non-hydrogen) atoms. The minimum absolute atomic E-state index is 0.0523. The van der Waals surface area contributed by atoms with E-state index in [0.29, 0.717) is 22.5 Å². The van der Waals surface area contributed by atoms with Crippen molar-refractivity contribution in [2.24, 2.45) is 5.73 Å². The second-order valence-corrected chi connectivity index (χ2v) is 6.20. The van der Waals surface area contributed by atoms with E-state index in [1.165, 1.54) is 0 Å². The van der Waals surface area contributed by atoms with Crippen LogP contribution in [0.1, 0.15) is 21.7 Å². The fraction of sp³-hybridized carbons (Fsp3) is 0.150. The van der Waals surface area contributed by atoms with Crippen molar-refractivity contribution in [3.8, 4) is 11.3 Å². The monoisotopic (exact) mass is 377 g/mol. The van der Waals surface area contributed by atoms with Gasteiger partial charge in [-0.05, 0) is 31.2 Å². The summed E-state index contributed by atoms with van der Waals surface area (Å²) in [7, 11) is 0. The summed E-state index contributed by atoms with van der Waals surface area (Å²) >= 11 is 0. The van der Waals surface area contributed by atoms with Crippen LogP contribution in [0.5, 0.6) is 0 Å². The highest BCUT2D eigenvalue weighted by Gasteiger charge is 2.28. The van der Waals surface area contributed by atoms with Gasteiger partial charge in [-0.15, -0.1) is 0 Å². The normalized spacial score (nSPS) is 11.6. The first-order valence-corrected chi connectivity index (χ1v) is 8.61. The topological polar surface area (TPSA) is 131 Å². The van der Waals surface area contributed by atoms with Gasteiger partial charge in [-0.1, -0.05) is 12.1 Å². The molecular weight excluding hydrogens is 358 g/mol. The Bertz CT molecular complexity index is 999. The molecule has 3 heterocycles. The molecule has 3 aromatic heterocycles. The highest BCUT2D eigenvalue weighted by molar-refractivity contribution is 6.38. The van der Waals surface area contributed by atoms with Crippen molar-refractivity contribution in [2.45, 2.75) is 19.4 Å². The first-order chi connectivity index (χ1) is 13.5. The lowest BCUT2D eigenvalue weighted by molar-refractivity contribution is -0.137. The third-order valence-corrected chi connectivity index (χ3v) is 4.25. The van der Waals surface area contributed by atoms with Crippen LogP contribution in [0.2, 0.25) is 0 Å². The van der Waals surface area contributed by atoms with Gasteiger partial charge in [-0.2, -0.15) is 0 Å². The van der Waals surface area contributed by atoms with Crippen LogP contribution in [0, 0.1) is 6.92 Å². The summed E-state index contributed by atoms with van der Waals surface area (Å²) in [5.74, 6) is -2.51. The molecule has 8 nitrogen and oxygen atoms in total. The Hall–Kier alpha value is -3.81. The minimum atomic E-state index is -1.12. The number of H-pyrrole nitrogens is 1. The highest BCUT2D eigenvalue weighted by Crippen LogP contribution is 2.25. The zero-order valence-electron chi connectivity index (χ0n) is 15.2. The van der Waals surface area contributed by atoms with E-state index in [1.807, 2.05) is 13.0 Å². The zero-order chi connectivity index (χ0) is 20.1. The zero-order valence-corrected chi connectivity index (χ0v) is 15.2. The number of nitrogens with two attached hydrogens (primary N) is 1. The van der Waals surface area contributed by atoms with Gasteiger partial charge in [-0.25, -0.2) is 0 Å². The van der Waals surface area contributed by atoms with Gasteiger partial charge in [0, 0.05) is 42.0 Å². The van der Waals surface area contributed by atoms with Crippen LogP contribution in [0.25, 0.3) is 11.3 Å². The molecule has 0 aliphatic carbocycles. The quantitative estimate of drug-likeness (QED) is 0.532. The molecule has 0 aromatic carbocycles. The fourth-order valence-electron chi connectivity index (χ4n) is 2.89. The molecule has 2 amide bonds. The van der Waals surface area contributed by atoms with Crippen LogP contribution in [-0.4, -0.2) is 38.6 Å². The molecule has 0 aliphatic heterocycles. The van der Waals surface area contributed by atoms with Crippen LogP contribution < -0.4 is 11.1 Å². The number of aromatic amines is 1. The summed E-state index contributed by atoms with van der Waals surface area (Å²) in [6, 6.07) is 9.45. The number of hydrogen-bond acceptors (Lipinski definition) is 5. The number of ketones is 1.